The number of nitrogens with one attached hydrogen (secondary N) is 1. The highest BCUT2D eigenvalue weighted by Gasteiger charge is 2.44. The molecule has 2 atom stereocenters. The Bertz CT molecular complexity index is 737. The predicted molar refractivity (Wildman–Crippen MR) is 101 cm³/mol. The average Bonchev–Trinajstić information content (AvgIpc) is 2.76. The van der Waals surface area contributed by atoms with E-state index in [0.717, 1.165) is 17.8 Å². The molecule has 0 aromatic rings. The first kappa shape index (κ1) is 19.9. The zero-order valence-electron chi connectivity index (χ0n) is 16.6. The van der Waals surface area contributed by atoms with Gasteiger partial charge in [-0.2, -0.15) is 0 Å². The summed E-state index contributed by atoms with van der Waals surface area (Å²) in [6, 6.07) is 0.0530. The summed E-state index contributed by atoms with van der Waals surface area (Å²) < 4.78 is 25.0. The summed E-state index contributed by atoms with van der Waals surface area (Å²) in [6.07, 6.45) is 1.56. The van der Waals surface area contributed by atoms with E-state index in [1.165, 1.54) is 5.57 Å². The molecule has 1 N–H and O–H groups in total. The molecular formula is C18H31N3O3S. The molecule has 25 heavy (non-hydrogen) atoms. The second-order valence-corrected chi connectivity index (χ2v) is 11.0. The maximum atomic E-state index is 12.4. The van der Waals surface area contributed by atoms with Crippen molar-refractivity contribution in [1.29, 1.82) is 0 Å². The molecule has 0 spiro atoms. The van der Waals surface area contributed by atoms with Crippen LogP contribution in [-0.4, -0.2) is 43.9 Å². The number of nitrogens with zero attached hydrogens (tertiary/aromatic N) is 2. The lowest BCUT2D eigenvalue weighted by Crippen LogP contribution is -2.44. The lowest BCUT2D eigenvalue weighted by Gasteiger charge is -2.41. The topological polar surface area (TPSA) is 78.8 Å². The molecule has 2 aliphatic rings. The molecule has 2 aliphatic heterocycles. The fraction of sp³-hybridized carbons (Fsp3) is 0.778. The average molecular weight is 370 g/mol. The summed E-state index contributed by atoms with van der Waals surface area (Å²) >= 11 is 0. The first-order chi connectivity index (χ1) is 11.1. The SMILES string of the molecule is C[C@@H]1N=C(C(C)(C)C)N2CC(C(=O)NS(C)(=O)=O)CC2=C1C(C)(C)C. The number of hydrogen-bond acceptors (Lipinski definition) is 5. The van der Waals surface area contributed by atoms with Gasteiger partial charge in [0.1, 0.15) is 5.84 Å². The van der Waals surface area contributed by atoms with E-state index in [4.69, 9.17) is 4.99 Å². The fourth-order valence-electron chi connectivity index (χ4n) is 3.87. The quantitative estimate of drug-likeness (QED) is 0.811. The third-order valence-electron chi connectivity index (χ3n) is 4.60. The Labute approximate surface area is 151 Å². The lowest BCUT2D eigenvalue weighted by atomic mass is 9.79. The van der Waals surface area contributed by atoms with Gasteiger partial charge in [-0.05, 0) is 17.9 Å². The number of carbonyl (C=O) groups excluding carboxylic acids is 1. The van der Waals surface area contributed by atoms with Crippen LogP contribution in [0.4, 0.5) is 0 Å². The van der Waals surface area contributed by atoms with Gasteiger partial charge in [0.25, 0.3) is 0 Å². The maximum absolute atomic E-state index is 12.4. The van der Waals surface area contributed by atoms with Crippen LogP contribution in [-0.2, 0) is 14.8 Å². The fourth-order valence-corrected chi connectivity index (χ4v) is 4.40. The number of rotatable bonds is 2. The van der Waals surface area contributed by atoms with Crippen LogP contribution in [0.3, 0.4) is 0 Å². The van der Waals surface area contributed by atoms with Gasteiger partial charge in [0.05, 0.1) is 18.2 Å². The van der Waals surface area contributed by atoms with E-state index in [0.29, 0.717) is 13.0 Å². The Morgan fingerprint density at radius 3 is 2.16 bits per heavy atom. The molecule has 0 saturated carbocycles. The summed E-state index contributed by atoms with van der Waals surface area (Å²) in [5, 5.41) is 0. The van der Waals surface area contributed by atoms with Gasteiger partial charge in [0.2, 0.25) is 15.9 Å². The summed E-state index contributed by atoms with van der Waals surface area (Å²) in [5.41, 5.74) is 2.15. The van der Waals surface area contributed by atoms with Crippen LogP contribution in [0.1, 0.15) is 54.9 Å². The number of amidine groups is 1. The zero-order chi connectivity index (χ0) is 19.4. The molecule has 1 saturated heterocycles. The normalized spacial score (nSPS) is 25.0. The van der Waals surface area contributed by atoms with Crippen molar-refractivity contribution in [3.63, 3.8) is 0 Å². The molecule has 7 heteroatoms. The lowest BCUT2D eigenvalue weighted by molar-refractivity contribution is -0.122. The summed E-state index contributed by atoms with van der Waals surface area (Å²) in [7, 11) is -3.55. The van der Waals surface area contributed by atoms with E-state index >= 15 is 0 Å². The third kappa shape index (κ3) is 4.25. The largest absolute Gasteiger partial charge is 0.333 e. The van der Waals surface area contributed by atoms with Crippen LogP contribution in [0.25, 0.3) is 0 Å². The smallest absolute Gasteiger partial charge is 0.238 e. The van der Waals surface area contributed by atoms with Gasteiger partial charge in [-0.1, -0.05) is 41.5 Å². The minimum absolute atomic E-state index is 0.0530. The third-order valence-corrected chi connectivity index (χ3v) is 5.18. The Hall–Kier alpha value is -1.37. The van der Waals surface area contributed by atoms with Crippen molar-refractivity contribution in [3.05, 3.63) is 11.3 Å². The number of sulfonamides is 1. The molecule has 1 amide bonds. The van der Waals surface area contributed by atoms with E-state index in [2.05, 4.69) is 58.1 Å². The highest BCUT2D eigenvalue weighted by Crippen LogP contribution is 2.44. The number of allylic oxidation sites excluding steroid dienone is 1. The Morgan fingerprint density at radius 2 is 1.72 bits per heavy atom. The van der Waals surface area contributed by atoms with Crippen molar-refractivity contribution in [2.24, 2.45) is 21.7 Å². The highest BCUT2D eigenvalue weighted by molar-refractivity contribution is 7.89. The van der Waals surface area contributed by atoms with Gasteiger partial charge in [-0.25, -0.2) is 8.42 Å². The number of aliphatic imine (C=N–C) groups is 1. The molecule has 2 rings (SSSR count). The van der Waals surface area contributed by atoms with Gasteiger partial charge < -0.3 is 4.90 Å². The number of carbonyl (C=O) groups is 1. The summed E-state index contributed by atoms with van der Waals surface area (Å²) in [6.45, 7) is 15.4. The minimum atomic E-state index is -3.55. The molecule has 0 radical (unpaired) electrons. The minimum Gasteiger partial charge on any atom is -0.333 e. The molecule has 0 aromatic carbocycles. The maximum Gasteiger partial charge on any atom is 0.238 e. The first-order valence-electron chi connectivity index (χ1n) is 8.72. The van der Waals surface area contributed by atoms with Crippen molar-refractivity contribution in [3.8, 4) is 0 Å². The van der Waals surface area contributed by atoms with E-state index < -0.39 is 15.9 Å². The van der Waals surface area contributed by atoms with E-state index in [-0.39, 0.29) is 22.8 Å². The second-order valence-electron chi connectivity index (χ2n) is 9.24. The van der Waals surface area contributed by atoms with Gasteiger partial charge >= 0.3 is 0 Å². The Morgan fingerprint density at radius 1 is 1.16 bits per heavy atom. The number of hydrogen-bond donors (Lipinski definition) is 1. The Kier molecular flexibility index (Phi) is 4.87. The van der Waals surface area contributed by atoms with Gasteiger partial charge in [0, 0.05) is 24.1 Å². The van der Waals surface area contributed by atoms with Gasteiger partial charge in [-0.3, -0.25) is 14.5 Å². The van der Waals surface area contributed by atoms with E-state index in [1.807, 2.05) is 0 Å². The van der Waals surface area contributed by atoms with E-state index in [9.17, 15) is 13.2 Å². The second kappa shape index (κ2) is 6.11. The van der Waals surface area contributed by atoms with Gasteiger partial charge in [-0.15, -0.1) is 0 Å². The monoisotopic (exact) mass is 369 g/mol. The van der Waals surface area contributed by atoms with Crippen LogP contribution in [0, 0.1) is 16.7 Å². The van der Waals surface area contributed by atoms with Crippen LogP contribution in [0.5, 0.6) is 0 Å². The zero-order valence-corrected chi connectivity index (χ0v) is 17.4. The molecule has 0 bridgehead atoms. The molecule has 1 fully saturated rings. The number of amides is 1. The highest BCUT2D eigenvalue weighted by atomic mass is 32.2. The standard InChI is InChI=1S/C18H31N3O3S/c1-11-14(17(2,3)4)13-9-12(15(22)20-25(8,23)24)10-21(13)16(19-11)18(5,6)7/h11-12H,9-10H2,1-8H3,(H,20,22)/t11-,12?/m0/s1. The molecule has 0 aliphatic carbocycles. The first-order valence-corrected chi connectivity index (χ1v) is 10.6. The van der Waals surface area contributed by atoms with E-state index in [1.54, 1.807) is 0 Å². The Balaban J connectivity index is 2.46. The van der Waals surface area contributed by atoms with Crippen molar-refractivity contribution < 1.29 is 13.2 Å². The summed E-state index contributed by atoms with van der Waals surface area (Å²) in [5.74, 6) is 0.149. The van der Waals surface area contributed by atoms with Crippen LogP contribution < -0.4 is 4.72 Å². The van der Waals surface area contributed by atoms with Crippen LogP contribution in [0.15, 0.2) is 16.3 Å². The molecular weight excluding hydrogens is 338 g/mol. The predicted octanol–water partition coefficient (Wildman–Crippen LogP) is 2.53. The number of fused-ring (bicyclic) bond motifs is 1. The molecule has 0 aromatic heterocycles. The summed E-state index contributed by atoms with van der Waals surface area (Å²) in [4.78, 5) is 19.5. The van der Waals surface area contributed by atoms with Crippen LogP contribution >= 0.6 is 0 Å². The van der Waals surface area contributed by atoms with Gasteiger partial charge in [0.15, 0.2) is 0 Å². The van der Waals surface area contributed by atoms with Crippen molar-refractivity contribution >= 4 is 21.8 Å². The van der Waals surface area contributed by atoms with Crippen molar-refractivity contribution in [2.45, 2.75) is 60.9 Å². The van der Waals surface area contributed by atoms with Crippen LogP contribution in [0.2, 0.25) is 0 Å². The van der Waals surface area contributed by atoms with Crippen molar-refractivity contribution in [1.82, 2.24) is 9.62 Å². The molecule has 1 unspecified atom stereocenters. The molecule has 142 valence electrons. The van der Waals surface area contributed by atoms with Crippen molar-refractivity contribution in [2.75, 3.05) is 12.8 Å². The molecule has 6 nitrogen and oxygen atoms in total. The molecule has 2 heterocycles.